The SMILES string of the molecule is O=C(O)CCC(O)CNCc1c[nH]c2ccccc12. The zero-order valence-electron chi connectivity index (χ0n) is 10.6. The highest BCUT2D eigenvalue weighted by Crippen LogP contribution is 2.17. The number of aliphatic hydroxyl groups excluding tert-OH is 1. The molecule has 102 valence electrons. The molecule has 0 radical (unpaired) electrons. The molecule has 1 atom stereocenters. The maximum absolute atomic E-state index is 10.4. The van der Waals surface area contributed by atoms with E-state index >= 15 is 0 Å². The number of carboxylic acid groups (broad SMARTS) is 1. The lowest BCUT2D eigenvalue weighted by molar-refractivity contribution is -0.137. The van der Waals surface area contributed by atoms with Gasteiger partial charge in [-0.15, -0.1) is 0 Å². The van der Waals surface area contributed by atoms with Crippen LogP contribution in [0, 0.1) is 0 Å². The first-order chi connectivity index (χ1) is 9.16. The third-order valence-electron chi connectivity index (χ3n) is 3.06. The van der Waals surface area contributed by atoms with Crippen molar-refractivity contribution in [3.8, 4) is 0 Å². The minimum atomic E-state index is -0.879. The van der Waals surface area contributed by atoms with E-state index < -0.39 is 12.1 Å². The number of nitrogens with one attached hydrogen (secondary N) is 2. The minimum absolute atomic E-state index is 0.00404. The predicted molar refractivity (Wildman–Crippen MR) is 72.9 cm³/mol. The van der Waals surface area contributed by atoms with Crippen molar-refractivity contribution in [1.82, 2.24) is 10.3 Å². The Hall–Kier alpha value is -1.85. The average molecular weight is 262 g/mol. The van der Waals surface area contributed by atoms with Crippen molar-refractivity contribution in [2.75, 3.05) is 6.54 Å². The first kappa shape index (κ1) is 13.6. The van der Waals surface area contributed by atoms with E-state index in [-0.39, 0.29) is 12.8 Å². The zero-order chi connectivity index (χ0) is 13.7. The quantitative estimate of drug-likeness (QED) is 0.609. The number of aromatic nitrogens is 1. The highest BCUT2D eigenvalue weighted by atomic mass is 16.4. The van der Waals surface area contributed by atoms with Crippen LogP contribution in [0.3, 0.4) is 0 Å². The van der Waals surface area contributed by atoms with E-state index in [2.05, 4.69) is 10.3 Å². The number of fused-ring (bicyclic) bond motifs is 1. The number of aliphatic hydroxyl groups is 1. The smallest absolute Gasteiger partial charge is 0.303 e. The van der Waals surface area contributed by atoms with Gasteiger partial charge < -0.3 is 20.5 Å². The van der Waals surface area contributed by atoms with Crippen LogP contribution in [0.25, 0.3) is 10.9 Å². The first-order valence-electron chi connectivity index (χ1n) is 6.32. The molecule has 5 nitrogen and oxygen atoms in total. The zero-order valence-corrected chi connectivity index (χ0v) is 10.6. The molecular weight excluding hydrogens is 244 g/mol. The topological polar surface area (TPSA) is 85.3 Å². The summed E-state index contributed by atoms with van der Waals surface area (Å²) in [6, 6.07) is 8.03. The molecule has 5 heteroatoms. The van der Waals surface area contributed by atoms with Crippen LogP contribution in [-0.4, -0.2) is 33.8 Å². The van der Waals surface area contributed by atoms with Crippen molar-refractivity contribution in [3.63, 3.8) is 0 Å². The van der Waals surface area contributed by atoms with Crippen LogP contribution < -0.4 is 5.32 Å². The molecule has 0 bridgehead atoms. The molecular formula is C14H18N2O3. The van der Waals surface area contributed by atoms with Gasteiger partial charge >= 0.3 is 5.97 Å². The van der Waals surface area contributed by atoms with Gasteiger partial charge in [0.25, 0.3) is 0 Å². The molecule has 0 spiro atoms. The highest BCUT2D eigenvalue weighted by molar-refractivity contribution is 5.82. The Kier molecular flexibility index (Phi) is 4.54. The van der Waals surface area contributed by atoms with E-state index in [0.717, 1.165) is 16.5 Å². The summed E-state index contributed by atoms with van der Waals surface area (Å²) < 4.78 is 0. The Balaban J connectivity index is 1.81. The van der Waals surface area contributed by atoms with Crippen molar-refractivity contribution in [2.45, 2.75) is 25.5 Å². The minimum Gasteiger partial charge on any atom is -0.481 e. The van der Waals surface area contributed by atoms with E-state index in [1.165, 1.54) is 0 Å². The molecule has 2 rings (SSSR count). The van der Waals surface area contributed by atoms with Gasteiger partial charge in [-0.1, -0.05) is 18.2 Å². The van der Waals surface area contributed by atoms with Crippen molar-refractivity contribution >= 4 is 16.9 Å². The fourth-order valence-corrected chi connectivity index (χ4v) is 2.04. The maximum atomic E-state index is 10.4. The molecule has 2 aromatic rings. The Morgan fingerprint density at radius 3 is 2.95 bits per heavy atom. The Labute approximate surface area is 111 Å². The molecule has 1 aromatic heterocycles. The van der Waals surface area contributed by atoms with Gasteiger partial charge in [0, 0.05) is 36.6 Å². The van der Waals surface area contributed by atoms with Crippen LogP contribution in [0.15, 0.2) is 30.5 Å². The van der Waals surface area contributed by atoms with Crippen LogP contribution in [0.5, 0.6) is 0 Å². The maximum Gasteiger partial charge on any atom is 0.303 e. The standard InChI is InChI=1S/C14H18N2O3/c17-11(5-6-14(18)19)9-15-7-10-8-16-13-4-2-1-3-12(10)13/h1-4,8,11,15-17H,5-7,9H2,(H,18,19). The Morgan fingerprint density at radius 2 is 2.16 bits per heavy atom. The lowest BCUT2D eigenvalue weighted by Crippen LogP contribution is -2.26. The fourth-order valence-electron chi connectivity index (χ4n) is 2.04. The van der Waals surface area contributed by atoms with E-state index in [9.17, 15) is 9.90 Å². The molecule has 0 aliphatic carbocycles. The van der Waals surface area contributed by atoms with Crippen LogP contribution >= 0.6 is 0 Å². The Bertz CT molecular complexity index is 550. The second-order valence-electron chi connectivity index (χ2n) is 4.58. The summed E-state index contributed by atoms with van der Waals surface area (Å²) in [6.45, 7) is 1.04. The lowest BCUT2D eigenvalue weighted by atomic mass is 10.1. The summed E-state index contributed by atoms with van der Waals surface area (Å²) in [5.41, 5.74) is 2.23. The van der Waals surface area contributed by atoms with Gasteiger partial charge in [-0.3, -0.25) is 4.79 Å². The number of benzene rings is 1. The summed E-state index contributed by atoms with van der Waals surface area (Å²) in [5.74, 6) is -0.879. The van der Waals surface area contributed by atoms with Gasteiger partial charge in [0.2, 0.25) is 0 Å². The predicted octanol–water partition coefficient (Wildman–Crippen LogP) is 1.48. The summed E-state index contributed by atoms with van der Waals surface area (Å²) >= 11 is 0. The van der Waals surface area contributed by atoms with Crippen molar-refractivity contribution in [1.29, 1.82) is 0 Å². The highest BCUT2D eigenvalue weighted by Gasteiger charge is 2.07. The van der Waals surface area contributed by atoms with Crippen LogP contribution in [0.2, 0.25) is 0 Å². The molecule has 0 amide bonds. The summed E-state index contributed by atoms with van der Waals surface area (Å²) in [4.78, 5) is 13.6. The number of aromatic amines is 1. The second kappa shape index (κ2) is 6.36. The molecule has 0 saturated carbocycles. The molecule has 1 heterocycles. The number of carboxylic acids is 1. The van der Waals surface area contributed by atoms with Gasteiger partial charge in [0.05, 0.1) is 6.10 Å². The number of para-hydroxylation sites is 1. The monoisotopic (exact) mass is 262 g/mol. The number of H-pyrrole nitrogens is 1. The molecule has 0 aliphatic heterocycles. The van der Waals surface area contributed by atoms with Gasteiger partial charge in [0.15, 0.2) is 0 Å². The third-order valence-corrected chi connectivity index (χ3v) is 3.06. The third kappa shape index (κ3) is 3.81. The van der Waals surface area contributed by atoms with Crippen molar-refractivity contribution in [3.05, 3.63) is 36.0 Å². The van der Waals surface area contributed by atoms with Crippen LogP contribution in [-0.2, 0) is 11.3 Å². The van der Waals surface area contributed by atoms with Gasteiger partial charge in [-0.05, 0) is 18.1 Å². The molecule has 0 aliphatic rings. The lowest BCUT2D eigenvalue weighted by Gasteiger charge is -2.10. The van der Waals surface area contributed by atoms with E-state index in [0.29, 0.717) is 13.1 Å². The number of carbonyl (C=O) groups is 1. The summed E-state index contributed by atoms with van der Waals surface area (Å²) in [5, 5.41) is 22.4. The van der Waals surface area contributed by atoms with Crippen LogP contribution in [0.1, 0.15) is 18.4 Å². The molecule has 0 saturated heterocycles. The van der Waals surface area contributed by atoms with E-state index in [4.69, 9.17) is 5.11 Å². The fraction of sp³-hybridized carbons (Fsp3) is 0.357. The largest absolute Gasteiger partial charge is 0.481 e. The van der Waals surface area contributed by atoms with Gasteiger partial charge in [-0.25, -0.2) is 0 Å². The molecule has 4 N–H and O–H groups in total. The van der Waals surface area contributed by atoms with Crippen LogP contribution in [0.4, 0.5) is 0 Å². The molecule has 1 unspecified atom stereocenters. The van der Waals surface area contributed by atoms with Crippen molar-refractivity contribution < 1.29 is 15.0 Å². The number of hydrogen-bond donors (Lipinski definition) is 4. The van der Waals surface area contributed by atoms with E-state index in [1.807, 2.05) is 30.5 Å². The molecule has 1 aromatic carbocycles. The number of rotatable bonds is 7. The number of hydrogen-bond acceptors (Lipinski definition) is 3. The van der Waals surface area contributed by atoms with E-state index in [1.54, 1.807) is 0 Å². The first-order valence-corrected chi connectivity index (χ1v) is 6.32. The average Bonchev–Trinajstić information content (AvgIpc) is 2.80. The molecule has 0 fully saturated rings. The van der Waals surface area contributed by atoms with Crippen molar-refractivity contribution in [2.24, 2.45) is 0 Å². The van der Waals surface area contributed by atoms with Gasteiger partial charge in [0.1, 0.15) is 0 Å². The van der Waals surface area contributed by atoms with Gasteiger partial charge in [-0.2, -0.15) is 0 Å². The summed E-state index contributed by atoms with van der Waals surface area (Å²) in [6.07, 6.45) is 1.59. The molecule has 19 heavy (non-hydrogen) atoms. The Morgan fingerprint density at radius 1 is 1.37 bits per heavy atom. The summed E-state index contributed by atoms with van der Waals surface area (Å²) in [7, 11) is 0. The second-order valence-corrected chi connectivity index (χ2v) is 4.58. The normalized spacial score (nSPS) is 12.7. The number of aliphatic carboxylic acids is 1.